The van der Waals surface area contributed by atoms with Gasteiger partial charge in [0.25, 0.3) is 5.56 Å². The molecule has 0 unspecified atom stereocenters. The summed E-state index contributed by atoms with van der Waals surface area (Å²) < 4.78 is 0. The standard InChI is InChI=1S/C16H20N2O2/c1-11-15(10-18-8-6-12(19)7-9-18)13-4-2-3-5-14(13)16(20)17-11/h2-5,12,19H,6-10H2,1H3,(H,17,20). The number of aromatic amines is 1. The Balaban J connectivity index is 1.97. The van der Waals surface area contributed by atoms with Crippen molar-refractivity contribution in [1.29, 1.82) is 0 Å². The van der Waals surface area contributed by atoms with Gasteiger partial charge in [-0.25, -0.2) is 0 Å². The summed E-state index contributed by atoms with van der Waals surface area (Å²) in [5.74, 6) is 0. The highest BCUT2D eigenvalue weighted by atomic mass is 16.3. The first kappa shape index (κ1) is 13.3. The fourth-order valence-corrected chi connectivity index (χ4v) is 2.96. The molecule has 0 saturated carbocycles. The first-order chi connectivity index (χ1) is 9.65. The van der Waals surface area contributed by atoms with Crippen LogP contribution in [0.4, 0.5) is 0 Å². The lowest BCUT2D eigenvalue weighted by Gasteiger charge is -2.30. The molecule has 0 radical (unpaired) electrons. The fourth-order valence-electron chi connectivity index (χ4n) is 2.96. The topological polar surface area (TPSA) is 56.3 Å². The maximum absolute atomic E-state index is 12.0. The number of aliphatic hydroxyl groups excluding tert-OH is 1. The summed E-state index contributed by atoms with van der Waals surface area (Å²) in [6.45, 7) is 4.61. The number of hydrogen-bond donors (Lipinski definition) is 2. The van der Waals surface area contributed by atoms with E-state index in [1.807, 2.05) is 31.2 Å². The Morgan fingerprint density at radius 2 is 1.90 bits per heavy atom. The zero-order chi connectivity index (χ0) is 14.1. The zero-order valence-corrected chi connectivity index (χ0v) is 11.7. The van der Waals surface area contributed by atoms with Crippen molar-refractivity contribution in [2.75, 3.05) is 13.1 Å². The van der Waals surface area contributed by atoms with Crippen LogP contribution in [0.2, 0.25) is 0 Å². The number of H-pyrrole nitrogens is 1. The summed E-state index contributed by atoms with van der Waals surface area (Å²) in [4.78, 5) is 17.3. The van der Waals surface area contributed by atoms with Crippen LogP contribution in [-0.4, -0.2) is 34.2 Å². The van der Waals surface area contributed by atoms with Gasteiger partial charge in [0.2, 0.25) is 0 Å². The Morgan fingerprint density at radius 1 is 1.25 bits per heavy atom. The molecule has 1 fully saturated rings. The quantitative estimate of drug-likeness (QED) is 0.876. The van der Waals surface area contributed by atoms with Crippen molar-refractivity contribution < 1.29 is 5.11 Å². The summed E-state index contributed by atoms with van der Waals surface area (Å²) in [7, 11) is 0. The molecule has 1 aliphatic rings. The van der Waals surface area contributed by atoms with Crippen molar-refractivity contribution in [3.8, 4) is 0 Å². The number of aliphatic hydroxyl groups is 1. The van der Waals surface area contributed by atoms with Crippen molar-refractivity contribution in [2.45, 2.75) is 32.4 Å². The van der Waals surface area contributed by atoms with Crippen molar-refractivity contribution in [1.82, 2.24) is 9.88 Å². The molecule has 4 nitrogen and oxygen atoms in total. The van der Waals surface area contributed by atoms with Gasteiger partial charge in [0.05, 0.1) is 6.10 Å². The molecule has 20 heavy (non-hydrogen) atoms. The molecule has 4 heteroatoms. The fraction of sp³-hybridized carbons (Fsp3) is 0.438. The van der Waals surface area contributed by atoms with Crippen molar-refractivity contribution in [2.24, 2.45) is 0 Å². The first-order valence-corrected chi connectivity index (χ1v) is 7.16. The van der Waals surface area contributed by atoms with Gasteiger partial charge in [-0.3, -0.25) is 9.69 Å². The number of aryl methyl sites for hydroxylation is 1. The summed E-state index contributed by atoms with van der Waals surface area (Å²) in [6, 6.07) is 7.77. The number of aromatic nitrogens is 1. The van der Waals surface area contributed by atoms with E-state index < -0.39 is 0 Å². The van der Waals surface area contributed by atoms with Crippen LogP contribution < -0.4 is 5.56 Å². The minimum atomic E-state index is -0.153. The van der Waals surface area contributed by atoms with Crippen LogP contribution in [0.15, 0.2) is 29.1 Å². The zero-order valence-electron chi connectivity index (χ0n) is 11.7. The Kier molecular flexibility index (Phi) is 3.59. The number of likely N-dealkylation sites (tertiary alicyclic amines) is 1. The highest BCUT2D eigenvalue weighted by Gasteiger charge is 2.19. The molecule has 1 saturated heterocycles. The number of nitrogens with zero attached hydrogens (tertiary/aromatic N) is 1. The molecule has 2 heterocycles. The van der Waals surface area contributed by atoms with Crippen molar-refractivity contribution in [3.05, 3.63) is 45.9 Å². The van der Waals surface area contributed by atoms with Crippen molar-refractivity contribution in [3.63, 3.8) is 0 Å². The molecule has 106 valence electrons. The van der Waals surface area contributed by atoms with Crippen LogP contribution >= 0.6 is 0 Å². The predicted octanol–water partition coefficient (Wildman–Crippen LogP) is 1.79. The van der Waals surface area contributed by atoms with Gasteiger partial charge in [0, 0.05) is 30.7 Å². The largest absolute Gasteiger partial charge is 0.393 e. The van der Waals surface area contributed by atoms with Crippen LogP contribution in [0.5, 0.6) is 0 Å². The molecule has 1 aromatic carbocycles. The number of pyridine rings is 1. The minimum Gasteiger partial charge on any atom is -0.393 e. The third-order valence-electron chi connectivity index (χ3n) is 4.19. The van der Waals surface area contributed by atoms with E-state index in [1.54, 1.807) is 0 Å². The normalized spacial score (nSPS) is 17.7. The van der Waals surface area contributed by atoms with Crippen LogP contribution in [-0.2, 0) is 6.54 Å². The van der Waals surface area contributed by atoms with Gasteiger partial charge in [-0.2, -0.15) is 0 Å². The monoisotopic (exact) mass is 272 g/mol. The molecule has 2 aromatic rings. The molecule has 2 N–H and O–H groups in total. The number of piperidine rings is 1. The van der Waals surface area contributed by atoms with Crippen molar-refractivity contribution >= 4 is 10.8 Å². The predicted molar refractivity (Wildman–Crippen MR) is 79.8 cm³/mol. The summed E-state index contributed by atoms with van der Waals surface area (Å²) in [6.07, 6.45) is 1.51. The van der Waals surface area contributed by atoms with E-state index >= 15 is 0 Å². The lowest BCUT2D eigenvalue weighted by atomic mass is 10.0. The second-order valence-corrected chi connectivity index (χ2v) is 5.61. The molecule has 0 bridgehead atoms. The van der Waals surface area contributed by atoms with E-state index in [1.165, 1.54) is 5.56 Å². The molecular formula is C16H20N2O2. The van der Waals surface area contributed by atoms with E-state index in [0.29, 0.717) is 0 Å². The maximum Gasteiger partial charge on any atom is 0.256 e. The highest BCUT2D eigenvalue weighted by molar-refractivity contribution is 5.85. The Morgan fingerprint density at radius 3 is 2.60 bits per heavy atom. The maximum atomic E-state index is 12.0. The SMILES string of the molecule is Cc1[nH]c(=O)c2ccccc2c1CN1CCC(O)CC1. The van der Waals surface area contributed by atoms with Gasteiger partial charge < -0.3 is 10.1 Å². The van der Waals surface area contributed by atoms with E-state index in [4.69, 9.17) is 0 Å². The van der Waals surface area contributed by atoms with Gasteiger partial charge >= 0.3 is 0 Å². The molecule has 1 aromatic heterocycles. The number of rotatable bonds is 2. The molecule has 0 aliphatic carbocycles. The van der Waals surface area contributed by atoms with E-state index in [9.17, 15) is 9.90 Å². The molecule has 0 amide bonds. The lowest BCUT2D eigenvalue weighted by Crippen LogP contribution is -2.35. The number of benzene rings is 1. The van der Waals surface area contributed by atoms with E-state index in [-0.39, 0.29) is 11.7 Å². The number of nitrogens with one attached hydrogen (secondary N) is 1. The summed E-state index contributed by atoms with van der Waals surface area (Å²) >= 11 is 0. The second kappa shape index (κ2) is 5.38. The van der Waals surface area contributed by atoms with Crippen LogP contribution in [0.3, 0.4) is 0 Å². The van der Waals surface area contributed by atoms with Gasteiger partial charge in [-0.15, -0.1) is 0 Å². The molecular weight excluding hydrogens is 252 g/mol. The van der Waals surface area contributed by atoms with Crippen LogP contribution in [0.25, 0.3) is 10.8 Å². The summed E-state index contributed by atoms with van der Waals surface area (Å²) in [5.41, 5.74) is 2.12. The average Bonchev–Trinajstić information content (AvgIpc) is 2.45. The van der Waals surface area contributed by atoms with Gasteiger partial charge in [0.1, 0.15) is 0 Å². The van der Waals surface area contributed by atoms with E-state index in [0.717, 1.165) is 48.9 Å². The Bertz CT molecular complexity index is 670. The van der Waals surface area contributed by atoms with Crippen LogP contribution in [0.1, 0.15) is 24.1 Å². The van der Waals surface area contributed by atoms with Gasteiger partial charge in [-0.1, -0.05) is 18.2 Å². The molecule has 3 rings (SSSR count). The molecule has 1 aliphatic heterocycles. The molecule has 0 spiro atoms. The summed E-state index contributed by atoms with van der Waals surface area (Å²) in [5, 5.41) is 11.4. The molecule has 0 atom stereocenters. The second-order valence-electron chi connectivity index (χ2n) is 5.61. The smallest absolute Gasteiger partial charge is 0.256 e. The van der Waals surface area contributed by atoms with Crippen LogP contribution in [0, 0.1) is 6.92 Å². The highest BCUT2D eigenvalue weighted by Crippen LogP contribution is 2.21. The minimum absolute atomic E-state index is 0.0177. The number of fused-ring (bicyclic) bond motifs is 1. The third kappa shape index (κ3) is 2.49. The number of hydrogen-bond acceptors (Lipinski definition) is 3. The first-order valence-electron chi connectivity index (χ1n) is 7.16. The van der Waals surface area contributed by atoms with E-state index in [2.05, 4.69) is 9.88 Å². The average molecular weight is 272 g/mol. The Labute approximate surface area is 118 Å². The van der Waals surface area contributed by atoms with Gasteiger partial charge in [0.15, 0.2) is 0 Å². The Hall–Kier alpha value is -1.65. The van der Waals surface area contributed by atoms with Gasteiger partial charge in [-0.05, 0) is 36.8 Å². The third-order valence-corrected chi connectivity index (χ3v) is 4.19. The lowest BCUT2D eigenvalue weighted by molar-refractivity contribution is 0.0793.